The number of hydrogen-bond acceptors (Lipinski definition) is 4. The van der Waals surface area contributed by atoms with Gasteiger partial charge in [0.05, 0.1) is 29.6 Å². The molecule has 3 N–H and O–H groups in total. The van der Waals surface area contributed by atoms with Gasteiger partial charge in [0.25, 0.3) is 0 Å². The normalized spacial score (nSPS) is 24.5. The van der Waals surface area contributed by atoms with Crippen LogP contribution in [0.4, 0.5) is 0 Å². The third kappa shape index (κ3) is 6.40. The number of rotatable bonds is 11. The lowest BCUT2D eigenvalue weighted by Gasteiger charge is -2.49. The number of nitrogens with one attached hydrogen (secondary N) is 1. The molecule has 2 fully saturated rings. The monoisotopic (exact) mass is 629 g/mol. The van der Waals surface area contributed by atoms with Gasteiger partial charge in [-0.05, 0) is 79.1 Å². The fraction of sp³-hybridized carbons (Fsp3) is 0.387. The second kappa shape index (κ2) is 12.4. The van der Waals surface area contributed by atoms with Crippen LogP contribution in [0.2, 0.25) is 10.0 Å². The van der Waals surface area contributed by atoms with Crippen molar-refractivity contribution in [2.45, 2.75) is 63.1 Å². The minimum Gasteiger partial charge on any atom is -0.481 e. The molecule has 1 aliphatic carbocycles. The molecule has 1 saturated heterocycles. The maximum atomic E-state index is 13.6. The van der Waals surface area contributed by atoms with Gasteiger partial charge in [0, 0.05) is 28.2 Å². The topological polar surface area (TPSA) is 120 Å². The smallest absolute Gasteiger partial charge is 0.304 e. The molecule has 1 saturated carbocycles. The molecule has 5 atom stereocenters. The SMILES string of the molecule is CC1(CC(=O)O)CC(c2cccc(Cl)c2)C(CC(c2ccc(Cl)cc2)(C2CC2)N(Cc2ccccn2)S(=O)O)NC1=O. The molecule has 2 aliphatic rings. The third-order valence-corrected chi connectivity index (χ3v) is 9.95. The number of carbonyl (C=O) groups is 2. The Balaban J connectivity index is 1.64. The van der Waals surface area contributed by atoms with E-state index >= 15 is 0 Å². The molecule has 2 heterocycles. The average Bonchev–Trinajstić information content (AvgIpc) is 3.79. The Morgan fingerprint density at radius 1 is 1.12 bits per heavy atom. The van der Waals surface area contributed by atoms with Crippen LogP contribution in [0.15, 0.2) is 72.9 Å². The van der Waals surface area contributed by atoms with Crippen molar-refractivity contribution in [2.75, 3.05) is 0 Å². The van der Waals surface area contributed by atoms with Crippen LogP contribution in [0.5, 0.6) is 0 Å². The van der Waals surface area contributed by atoms with Gasteiger partial charge >= 0.3 is 5.97 Å². The lowest BCUT2D eigenvalue weighted by atomic mass is 9.66. The Kier molecular flexibility index (Phi) is 9.06. The van der Waals surface area contributed by atoms with Crippen LogP contribution >= 0.6 is 23.2 Å². The Labute approximate surface area is 257 Å². The van der Waals surface area contributed by atoms with Crippen molar-refractivity contribution >= 4 is 46.3 Å². The molecule has 2 aromatic carbocycles. The molecule has 1 aromatic heterocycles. The van der Waals surface area contributed by atoms with Gasteiger partial charge in [0.2, 0.25) is 17.2 Å². The fourth-order valence-electron chi connectivity index (χ4n) is 6.51. The first kappa shape index (κ1) is 30.6. The molecule has 8 nitrogen and oxygen atoms in total. The molecule has 3 aromatic rings. The van der Waals surface area contributed by atoms with Gasteiger partial charge < -0.3 is 10.4 Å². The maximum absolute atomic E-state index is 13.6. The summed E-state index contributed by atoms with van der Waals surface area (Å²) in [6.45, 7) is 1.77. The van der Waals surface area contributed by atoms with Crippen molar-refractivity contribution in [1.82, 2.24) is 14.6 Å². The largest absolute Gasteiger partial charge is 0.481 e. The first-order valence-electron chi connectivity index (χ1n) is 13.8. The Bertz CT molecular complexity index is 1470. The fourth-order valence-corrected chi connectivity index (χ4v) is 7.68. The molecule has 0 radical (unpaired) electrons. The van der Waals surface area contributed by atoms with Gasteiger partial charge in [0.1, 0.15) is 0 Å². The van der Waals surface area contributed by atoms with Crippen LogP contribution in [0.25, 0.3) is 0 Å². The van der Waals surface area contributed by atoms with E-state index < -0.39 is 34.2 Å². The molecular formula is C31H33Cl2N3O5S. The van der Waals surface area contributed by atoms with Crippen molar-refractivity contribution in [3.63, 3.8) is 0 Å². The van der Waals surface area contributed by atoms with Crippen LogP contribution in [-0.4, -0.2) is 41.1 Å². The predicted molar refractivity (Wildman–Crippen MR) is 162 cm³/mol. The summed E-state index contributed by atoms with van der Waals surface area (Å²) >= 11 is 10.3. The van der Waals surface area contributed by atoms with Gasteiger partial charge in [-0.3, -0.25) is 19.1 Å². The summed E-state index contributed by atoms with van der Waals surface area (Å²) in [6, 6.07) is 19.6. The van der Waals surface area contributed by atoms with Crippen LogP contribution in [-0.2, 0) is 32.9 Å². The second-order valence-electron chi connectivity index (χ2n) is 11.6. The van der Waals surface area contributed by atoms with E-state index in [1.165, 1.54) is 0 Å². The van der Waals surface area contributed by atoms with E-state index in [-0.39, 0.29) is 37.1 Å². The molecule has 1 amide bonds. The van der Waals surface area contributed by atoms with Gasteiger partial charge in [-0.1, -0.05) is 60.5 Å². The van der Waals surface area contributed by atoms with E-state index in [1.54, 1.807) is 41.7 Å². The number of nitrogens with zero attached hydrogens (tertiary/aromatic N) is 2. The van der Waals surface area contributed by atoms with Crippen molar-refractivity contribution in [3.05, 3.63) is 99.8 Å². The van der Waals surface area contributed by atoms with Gasteiger partial charge in [-0.2, -0.15) is 4.31 Å². The van der Waals surface area contributed by atoms with Crippen molar-refractivity contribution in [1.29, 1.82) is 0 Å². The zero-order valence-corrected chi connectivity index (χ0v) is 25.4. The summed E-state index contributed by atoms with van der Waals surface area (Å²) in [6.07, 6.45) is 3.56. The van der Waals surface area contributed by atoms with Crippen LogP contribution in [0.3, 0.4) is 0 Å². The van der Waals surface area contributed by atoms with E-state index in [2.05, 4.69) is 10.3 Å². The summed E-state index contributed by atoms with van der Waals surface area (Å²) < 4.78 is 25.7. The third-order valence-electron chi connectivity index (χ3n) is 8.63. The molecule has 11 heteroatoms. The lowest BCUT2D eigenvalue weighted by Crippen LogP contribution is -2.59. The quantitative estimate of drug-likeness (QED) is 0.218. The maximum Gasteiger partial charge on any atom is 0.304 e. The first-order valence-corrected chi connectivity index (χ1v) is 15.7. The Morgan fingerprint density at radius 3 is 2.45 bits per heavy atom. The Morgan fingerprint density at radius 2 is 1.86 bits per heavy atom. The molecule has 222 valence electrons. The number of piperidine rings is 1. The average molecular weight is 631 g/mol. The number of amides is 1. The van der Waals surface area contributed by atoms with E-state index in [0.717, 1.165) is 24.0 Å². The standard InChI is InChI=1S/C31H33Cl2N3O5S/c1-30(18-28(37)38)16-26(20-5-4-6-24(33)15-20)27(35-29(30)39)17-31(21-8-9-21,22-10-12-23(32)13-11-22)36(42(40)41)19-25-7-2-3-14-34-25/h2-7,10-15,21,26-27H,8-9,16-19H2,1H3,(H,35,39)(H,37,38)(H,40,41). The molecule has 42 heavy (non-hydrogen) atoms. The number of carboxylic acids is 1. The van der Waals surface area contributed by atoms with E-state index in [4.69, 9.17) is 23.2 Å². The Hall–Kier alpha value is -2.82. The summed E-state index contributed by atoms with van der Waals surface area (Å²) in [7, 11) is 0. The first-order chi connectivity index (χ1) is 20.0. The van der Waals surface area contributed by atoms with Gasteiger partial charge in [-0.15, -0.1) is 0 Å². The highest BCUT2D eigenvalue weighted by Crippen LogP contribution is 2.55. The van der Waals surface area contributed by atoms with Gasteiger partial charge in [0.15, 0.2) is 0 Å². The van der Waals surface area contributed by atoms with Crippen LogP contribution in [0, 0.1) is 11.3 Å². The summed E-state index contributed by atoms with van der Waals surface area (Å²) in [5, 5.41) is 13.9. The van der Waals surface area contributed by atoms with E-state index in [0.29, 0.717) is 22.2 Å². The molecule has 0 spiro atoms. The van der Waals surface area contributed by atoms with Gasteiger partial charge in [-0.25, -0.2) is 4.21 Å². The van der Waals surface area contributed by atoms with Crippen LogP contribution < -0.4 is 5.32 Å². The molecule has 0 bridgehead atoms. The lowest BCUT2D eigenvalue weighted by molar-refractivity contribution is -0.147. The van der Waals surface area contributed by atoms with Crippen molar-refractivity contribution in [3.8, 4) is 0 Å². The van der Waals surface area contributed by atoms with E-state index in [9.17, 15) is 23.5 Å². The highest BCUT2D eigenvalue weighted by molar-refractivity contribution is 7.76. The summed E-state index contributed by atoms with van der Waals surface area (Å²) in [4.78, 5) is 29.8. The number of carbonyl (C=O) groups excluding carboxylic acids is 1. The number of carboxylic acid groups (broad SMARTS) is 1. The zero-order chi connectivity index (χ0) is 30.1. The number of aliphatic carboxylic acids is 1. The minimum atomic E-state index is -2.41. The zero-order valence-electron chi connectivity index (χ0n) is 23.1. The molecular weight excluding hydrogens is 597 g/mol. The second-order valence-corrected chi connectivity index (χ2v) is 13.3. The van der Waals surface area contributed by atoms with Crippen molar-refractivity contribution in [2.24, 2.45) is 11.3 Å². The predicted octanol–water partition coefficient (Wildman–Crippen LogP) is 6.18. The van der Waals surface area contributed by atoms with Crippen molar-refractivity contribution < 1.29 is 23.5 Å². The number of hydrogen-bond donors (Lipinski definition) is 3. The van der Waals surface area contributed by atoms with E-state index in [1.807, 2.05) is 42.5 Å². The highest BCUT2D eigenvalue weighted by Gasteiger charge is 2.56. The summed E-state index contributed by atoms with van der Waals surface area (Å²) in [5.41, 5.74) is 0.187. The number of aromatic nitrogens is 1. The number of halogens is 2. The highest BCUT2D eigenvalue weighted by atomic mass is 35.5. The number of benzene rings is 2. The molecule has 5 rings (SSSR count). The van der Waals surface area contributed by atoms with Crippen LogP contribution in [0.1, 0.15) is 61.8 Å². The molecule has 5 unspecified atom stereocenters. The summed E-state index contributed by atoms with van der Waals surface area (Å²) in [5.74, 6) is -1.69. The number of pyridine rings is 1. The molecule has 1 aliphatic heterocycles. The minimum absolute atomic E-state index is 0.0164.